The summed E-state index contributed by atoms with van der Waals surface area (Å²) in [5.74, 6) is -0.989. The molecule has 0 amide bonds. The lowest BCUT2D eigenvalue weighted by atomic mass is 9.95. The van der Waals surface area contributed by atoms with Crippen LogP contribution in [0.15, 0.2) is 12.1 Å². The molecule has 0 aromatic heterocycles. The van der Waals surface area contributed by atoms with Crippen LogP contribution in [0, 0.1) is 0 Å². The molecule has 1 aromatic carbocycles. The Labute approximate surface area is 101 Å². The van der Waals surface area contributed by atoms with Gasteiger partial charge in [-0.25, -0.2) is 9.59 Å². The maximum Gasteiger partial charge on any atom is 0.347 e. The van der Waals surface area contributed by atoms with Crippen LogP contribution in [0.5, 0.6) is 0 Å². The van der Waals surface area contributed by atoms with Crippen molar-refractivity contribution >= 4 is 11.9 Å². The molecule has 2 rings (SSSR count). The zero-order valence-corrected chi connectivity index (χ0v) is 10.2. The van der Waals surface area contributed by atoms with Crippen LogP contribution in [0.25, 0.3) is 0 Å². The Balaban J connectivity index is 2.50. The number of esters is 2. The zero-order valence-electron chi connectivity index (χ0n) is 10.2. The molecule has 0 bridgehead atoms. The second-order valence-corrected chi connectivity index (χ2v) is 4.31. The second kappa shape index (κ2) is 4.70. The van der Waals surface area contributed by atoms with E-state index in [1.165, 1.54) is 0 Å². The van der Waals surface area contributed by atoms with Gasteiger partial charge in [0, 0.05) is 0 Å². The van der Waals surface area contributed by atoms with Gasteiger partial charge in [-0.05, 0) is 36.5 Å². The number of aryl methyl sites for hydroxylation is 2. The van der Waals surface area contributed by atoms with Crippen LogP contribution in [-0.4, -0.2) is 11.9 Å². The van der Waals surface area contributed by atoms with E-state index >= 15 is 0 Å². The number of hydrogen-bond acceptors (Lipinski definition) is 3. The Morgan fingerprint density at radius 1 is 1.12 bits per heavy atom. The molecule has 1 heterocycles. The van der Waals surface area contributed by atoms with Crippen molar-refractivity contribution in [2.75, 3.05) is 0 Å². The first-order valence-corrected chi connectivity index (χ1v) is 6.09. The molecular formula is C14H16O3. The Morgan fingerprint density at radius 2 is 1.88 bits per heavy atom. The van der Waals surface area contributed by atoms with Crippen molar-refractivity contribution in [3.63, 3.8) is 0 Å². The Hall–Kier alpha value is -1.64. The van der Waals surface area contributed by atoms with Crippen molar-refractivity contribution in [1.82, 2.24) is 0 Å². The van der Waals surface area contributed by atoms with Gasteiger partial charge in [0.25, 0.3) is 0 Å². The molecule has 0 atom stereocenters. The Kier molecular flexibility index (Phi) is 3.27. The number of fused-ring (bicyclic) bond motifs is 1. The van der Waals surface area contributed by atoms with E-state index in [4.69, 9.17) is 0 Å². The molecule has 0 fully saturated rings. The van der Waals surface area contributed by atoms with Gasteiger partial charge in [-0.3, -0.25) is 0 Å². The minimum absolute atomic E-state index is 0.445. The summed E-state index contributed by atoms with van der Waals surface area (Å²) in [7, 11) is 0. The number of ether oxygens (including phenoxy) is 1. The maximum absolute atomic E-state index is 11.6. The van der Waals surface area contributed by atoms with E-state index in [2.05, 4.69) is 11.7 Å². The van der Waals surface area contributed by atoms with Crippen LogP contribution in [0.3, 0.4) is 0 Å². The molecule has 0 N–H and O–H groups in total. The van der Waals surface area contributed by atoms with E-state index < -0.39 is 11.9 Å². The lowest BCUT2D eigenvalue weighted by molar-refractivity contribution is 0.0443. The number of unbranched alkanes of at least 4 members (excludes halogenated alkanes) is 1. The first-order valence-electron chi connectivity index (χ1n) is 6.09. The summed E-state index contributed by atoms with van der Waals surface area (Å²) in [6, 6.07) is 3.80. The fraction of sp³-hybridized carbons (Fsp3) is 0.429. The van der Waals surface area contributed by atoms with Crippen LogP contribution in [0.4, 0.5) is 0 Å². The van der Waals surface area contributed by atoms with Crippen molar-refractivity contribution in [3.8, 4) is 0 Å². The fourth-order valence-electron chi connectivity index (χ4n) is 2.13. The van der Waals surface area contributed by atoms with Gasteiger partial charge in [0.15, 0.2) is 0 Å². The lowest BCUT2D eigenvalue weighted by Crippen LogP contribution is -2.02. The van der Waals surface area contributed by atoms with Gasteiger partial charge in [0.05, 0.1) is 11.1 Å². The van der Waals surface area contributed by atoms with E-state index in [0.717, 1.165) is 36.8 Å². The summed E-state index contributed by atoms with van der Waals surface area (Å²) in [6.45, 7) is 4.14. The molecule has 0 radical (unpaired) electrons. The van der Waals surface area contributed by atoms with E-state index in [1.54, 1.807) is 6.07 Å². The third-order valence-electron chi connectivity index (χ3n) is 3.10. The molecule has 3 nitrogen and oxygen atoms in total. The molecule has 0 aliphatic carbocycles. The average molecular weight is 232 g/mol. The largest absolute Gasteiger partial charge is 0.386 e. The lowest BCUT2D eigenvalue weighted by Gasteiger charge is -2.07. The zero-order chi connectivity index (χ0) is 12.4. The minimum Gasteiger partial charge on any atom is -0.386 e. The SMILES string of the molecule is CCCCc1cc(CC)cc2c1C(=O)OC2=O. The first-order chi connectivity index (χ1) is 8.17. The van der Waals surface area contributed by atoms with Gasteiger partial charge in [-0.15, -0.1) is 0 Å². The summed E-state index contributed by atoms with van der Waals surface area (Å²) in [5, 5.41) is 0. The minimum atomic E-state index is -0.502. The molecule has 1 aliphatic rings. The highest BCUT2D eigenvalue weighted by atomic mass is 16.6. The van der Waals surface area contributed by atoms with Crippen LogP contribution in [0.2, 0.25) is 0 Å². The molecule has 1 aromatic rings. The number of rotatable bonds is 4. The summed E-state index contributed by atoms with van der Waals surface area (Å²) in [6.07, 6.45) is 3.76. The highest BCUT2D eigenvalue weighted by Gasteiger charge is 2.32. The van der Waals surface area contributed by atoms with Crippen molar-refractivity contribution in [1.29, 1.82) is 0 Å². The first kappa shape index (κ1) is 11.8. The molecular weight excluding hydrogens is 216 g/mol. The molecule has 90 valence electrons. The third-order valence-corrected chi connectivity index (χ3v) is 3.10. The van der Waals surface area contributed by atoms with Gasteiger partial charge in [0.2, 0.25) is 0 Å². The standard InChI is InChI=1S/C14H16O3/c1-3-5-6-10-7-9(4-2)8-11-12(10)14(16)17-13(11)15/h7-8H,3-6H2,1-2H3. The smallest absolute Gasteiger partial charge is 0.347 e. The molecule has 17 heavy (non-hydrogen) atoms. The molecule has 0 spiro atoms. The van der Waals surface area contributed by atoms with Crippen molar-refractivity contribution in [2.45, 2.75) is 39.5 Å². The summed E-state index contributed by atoms with van der Waals surface area (Å²) >= 11 is 0. The number of cyclic esters (lactones) is 2. The molecule has 1 aliphatic heterocycles. The van der Waals surface area contributed by atoms with E-state index in [0.29, 0.717) is 11.1 Å². The second-order valence-electron chi connectivity index (χ2n) is 4.31. The summed E-state index contributed by atoms with van der Waals surface area (Å²) < 4.78 is 4.67. The summed E-state index contributed by atoms with van der Waals surface area (Å²) in [5.41, 5.74) is 2.97. The average Bonchev–Trinajstić information content (AvgIpc) is 2.62. The van der Waals surface area contributed by atoms with Crippen LogP contribution in [0.1, 0.15) is 58.5 Å². The maximum atomic E-state index is 11.6. The highest BCUT2D eigenvalue weighted by Crippen LogP contribution is 2.27. The van der Waals surface area contributed by atoms with Crippen LogP contribution < -0.4 is 0 Å². The highest BCUT2D eigenvalue weighted by molar-refractivity contribution is 6.15. The van der Waals surface area contributed by atoms with Gasteiger partial charge < -0.3 is 4.74 Å². The molecule has 0 saturated carbocycles. The quantitative estimate of drug-likeness (QED) is 0.592. The normalized spacial score (nSPS) is 13.8. The van der Waals surface area contributed by atoms with E-state index in [9.17, 15) is 9.59 Å². The van der Waals surface area contributed by atoms with Crippen molar-refractivity contribution in [3.05, 3.63) is 34.4 Å². The topological polar surface area (TPSA) is 43.4 Å². The van der Waals surface area contributed by atoms with Crippen LogP contribution >= 0.6 is 0 Å². The molecule has 3 heteroatoms. The number of hydrogen-bond donors (Lipinski definition) is 0. The van der Waals surface area contributed by atoms with Crippen LogP contribution in [-0.2, 0) is 17.6 Å². The van der Waals surface area contributed by atoms with Gasteiger partial charge in [0.1, 0.15) is 0 Å². The van der Waals surface area contributed by atoms with E-state index in [1.807, 2.05) is 13.0 Å². The van der Waals surface area contributed by atoms with Crippen molar-refractivity contribution < 1.29 is 14.3 Å². The number of carbonyl (C=O) groups excluding carboxylic acids is 2. The number of carbonyl (C=O) groups is 2. The van der Waals surface area contributed by atoms with Gasteiger partial charge >= 0.3 is 11.9 Å². The monoisotopic (exact) mass is 232 g/mol. The number of benzene rings is 1. The third kappa shape index (κ3) is 2.09. The predicted octanol–water partition coefficient (Wildman–Crippen LogP) is 2.90. The van der Waals surface area contributed by atoms with Crippen molar-refractivity contribution in [2.24, 2.45) is 0 Å². The summed E-state index contributed by atoms with van der Waals surface area (Å²) in [4.78, 5) is 23.1. The molecule has 0 saturated heterocycles. The van der Waals surface area contributed by atoms with Gasteiger partial charge in [-0.1, -0.05) is 26.3 Å². The molecule has 0 unspecified atom stereocenters. The van der Waals surface area contributed by atoms with E-state index in [-0.39, 0.29) is 0 Å². The van der Waals surface area contributed by atoms with Gasteiger partial charge in [-0.2, -0.15) is 0 Å². The Bertz CT molecular complexity index is 475. The predicted molar refractivity (Wildman–Crippen MR) is 64.2 cm³/mol. The Morgan fingerprint density at radius 3 is 2.53 bits per heavy atom. The fourth-order valence-corrected chi connectivity index (χ4v) is 2.13.